The first kappa shape index (κ1) is 20.2. The number of benzene rings is 2. The average molecular weight is 431 g/mol. The van der Waals surface area contributed by atoms with Gasteiger partial charge in [0, 0.05) is 34.0 Å². The molecule has 0 radical (unpaired) electrons. The van der Waals surface area contributed by atoms with Gasteiger partial charge >= 0.3 is 0 Å². The number of carbonyl (C=O) groups excluding carboxylic acids is 1. The highest BCUT2D eigenvalue weighted by Gasteiger charge is 2.28. The minimum Gasteiger partial charge on any atom is -0.394 e. The molecule has 3 aromatic rings. The number of hydrogen-bond acceptors (Lipinski definition) is 4. The van der Waals surface area contributed by atoms with E-state index in [1.54, 1.807) is 23.5 Å². The van der Waals surface area contributed by atoms with E-state index in [0.717, 1.165) is 26.4 Å². The zero-order chi connectivity index (χ0) is 20.4. The van der Waals surface area contributed by atoms with Crippen LogP contribution >= 0.6 is 22.9 Å². The molecule has 1 N–H and O–H groups in total. The standard InChI is InChI=1S/C23H20ClFO3S/c24-21-7-3-15(22-12-18(27)11-19(13-26)28-22)9-16(21)10-20-6-8-23(29-20)14-1-4-17(25)5-2-14/h1-9,19,22,26H,10-13H2/t19-,22+/m0/s1. The molecule has 1 aliphatic heterocycles. The summed E-state index contributed by atoms with van der Waals surface area (Å²) in [7, 11) is 0. The van der Waals surface area contributed by atoms with Gasteiger partial charge in [-0.2, -0.15) is 0 Å². The van der Waals surface area contributed by atoms with Crippen LogP contribution in [0.5, 0.6) is 0 Å². The van der Waals surface area contributed by atoms with Crippen molar-refractivity contribution >= 4 is 28.7 Å². The van der Waals surface area contributed by atoms with Crippen molar-refractivity contribution in [1.29, 1.82) is 0 Å². The molecule has 4 rings (SSSR count). The fourth-order valence-electron chi connectivity index (χ4n) is 3.54. The van der Waals surface area contributed by atoms with E-state index in [0.29, 0.717) is 17.9 Å². The van der Waals surface area contributed by atoms with Gasteiger partial charge in [-0.15, -0.1) is 11.3 Å². The summed E-state index contributed by atoms with van der Waals surface area (Å²) >= 11 is 8.07. The molecule has 1 saturated heterocycles. The molecule has 0 spiro atoms. The Morgan fingerprint density at radius 2 is 1.90 bits per heavy atom. The van der Waals surface area contributed by atoms with E-state index < -0.39 is 6.10 Å². The predicted octanol–water partition coefficient (Wildman–Crippen LogP) is 5.58. The van der Waals surface area contributed by atoms with Crippen LogP contribution in [0.25, 0.3) is 10.4 Å². The van der Waals surface area contributed by atoms with Crippen LogP contribution in [0.4, 0.5) is 4.39 Å². The maximum atomic E-state index is 13.1. The second kappa shape index (κ2) is 8.76. The molecule has 0 aliphatic carbocycles. The summed E-state index contributed by atoms with van der Waals surface area (Å²) in [5, 5.41) is 10.0. The molecular weight excluding hydrogens is 411 g/mol. The van der Waals surface area contributed by atoms with Crippen LogP contribution in [0.1, 0.15) is 34.9 Å². The highest BCUT2D eigenvalue weighted by Crippen LogP contribution is 2.34. The lowest BCUT2D eigenvalue weighted by Crippen LogP contribution is -2.30. The summed E-state index contributed by atoms with van der Waals surface area (Å²) in [6.07, 6.45) is 0.418. The fourth-order valence-corrected chi connectivity index (χ4v) is 4.76. The molecule has 0 saturated carbocycles. The van der Waals surface area contributed by atoms with Gasteiger partial charge in [0.25, 0.3) is 0 Å². The summed E-state index contributed by atoms with van der Waals surface area (Å²) in [6.45, 7) is -0.163. The first-order chi connectivity index (χ1) is 14.0. The third kappa shape index (κ3) is 4.75. The SMILES string of the molecule is O=C1C[C@@H](CO)O[C@@H](c2ccc(Cl)c(Cc3ccc(-c4ccc(F)cc4)s3)c2)C1. The van der Waals surface area contributed by atoms with Gasteiger partial charge < -0.3 is 9.84 Å². The van der Waals surface area contributed by atoms with Crippen LogP contribution in [-0.2, 0) is 16.0 Å². The predicted molar refractivity (Wildman–Crippen MR) is 113 cm³/mol. The normalized spacial score (nSPS) is 19.5. The molecule has 0 bridgehead atoms. The Morgan fingerprint density at radius 3 is 2.66 bits per heavy atom. The fraction of sp³-hybridized carbons (Fsp3) is 0.261. The molecule has 0 unspecified atom stereocenters. The summed E-state index contributed by atoms with van der Waals surface area (Å²) in [5.74, 6) is -0.153. The van der Waals surface area contributed by atoms with E-state index in [2.05, 4.69) is 6.07 Å². The lowest BCUT2D eigenvalue weighted by atomic mass is 9.95. The van der Waals surface area contributed by atoms with Crippen molar-refractivity contribution in [3.63, 3.8) is 0 Å². The topological polar surface area (TPSA) is 46.5 Å². The Hall–Kier alpha value is -2.05. The van der Waals surface area contributed by atoms with Crippen LogP contribution in [0.2, 0.25) is 5.02 Å². The highest BCUT2D eigenvalue weighted by atomic mass is 35.5. The highest BCUT2D eigenvalue weighted by molar-refractivity contribution is 7.15. The monoisotopic (exact) mass is 430 g/mol. The maximum Gasteiger partial charge on any atom is 0.138 e. The lowest BCUT2D eigenvalue weighted by molar-refractivity contribution is -0.139. The number of rotatable bonds is 5. The third-order valence-electron chi connectivity index (χ3n) is 5.03. The van der Waals surface area contributed by atoms with E-state index >= 15 is 0 Å². The van der Waals surface area contributed by atoms with Crippen LogP contribution in [0, 0.1) is 5.82 Å². The molecule has 150 valence electrons. The average Bonchev–Trinajstić information content (AvgIpc) is 3.18. The summed E-state index contributed by atoms with van der Waals surface area (Å²) < 4.78 is 19.0. The molecule has 1 fully saturated rings. The Morgan fingerprint density at radius 1 is 1.10 bits per heavy atom. The van der Waals surface area contributed by atoms with Crippen LogP contribution in [-0.4, -0.2) is 23.6 Å². The van der Waals surface area contributed by atoms with Crippen molar-refractivity contribution in [2.45, 2.75) is 31.5 Å². The number of thiophene rings is 1. The second-order valence-electron chi connectivity index (χ2n) is 7.18. The van der Waals surface area contributed by atoms with Crippen molar-refractivity contribution < 1.29 is 19.0 Å². The lowest BCUT2D eigenvalue weighted by Gasteiger charge is -2.28. The molecule has 0 amide bonds. The second-order valence-corrected chi connectivity index (χ2v) is 8.75. The molecule has 3 nitrogen and oxygen atoms in total. The molecule has 29 heavy (non-hydrogen) atoms. The van der Waals surface area contributed by atoms with Gasteiger partial charge in [0.05, 0.1) is 18.8 Å². The van der Waals surface area contributed by atoms with Crippen LogP contribution in [0.3, 0.4) is 0 Å². The summed E-state index contributed by atoms with van der Waals surface area (Å²) in [5.41, 5.74) is 2.83. The van der Waals surface area contributed by atoms with Crippen molar-refractivity contribution in [2.75, 3.05) is 6.61 Å². The van der Waals surface area contributed by atoms with E-state index in [1.807, 2.05) is 24.3 Å². The van der Waals surface area contributed by atoms with Crippen molar-refractivity contribution in [3.8, 4) is 10.4 Å². The van der Waals surface area contributed by atoms with Gasteiger partial charge in [-0.25, -0.2) is 4.39 Å². The van der Waals surface area contributed by atoms with Crippen molar-refractivity contribution in [1.82, 2.24) is 0 Å². The number of aliphatic hydroxyl groups is 1. The Balaban J connectivity index is 1.54. The van der Waals surface area contributed by atoms with Gasteiger partial charge in [0.2, 0.25) is 0 Å². The van der Waals surface area contributed by atoms with Gasteiger partial charge in [-0.05, 0) is 47.0 Å². The maximum absolute atomic E-state index is 13.1. The minimum atomic E-state index is -0.448. The number of carbonyl (C=O) groups is 1. The molecule has 2 atom stereocenters. The zero-order valence-electron chi connectivity index (χ0n) is 15.6. The smallest absolute Gasteiger partial charge is 0.138 e. The van der Waals surface area contributed by atoms with Gasteiger partial charge in [-0.1, -0.05) is 35.9 Å². The van der Waals surface area contributed by atoms with Crippen LogP contribution in [0.15, 0.2) is 54.6 Å². The van der Waals surface area contributed by atoms with Crippen molar-refractivity contribution in [3.05, 3.63) is 81.4 Å². The quantitative estimate of drug-likeness (QED) is 0.574. The van der Waals surface area contributed by atoms with E-state index in [9.17, 15) is 14.3 Å². The Labute approximate surface area is 177 Å². The largest absolute Gasteiger partial charge is 0.394 e. The number of halogens is 2. The number of aliphatic hydroxyl groups excluding tert-OH is 1. The van der Waals surface area contributed by atoms with Gasteiger partial charge in [0.15, 0.2) is 0 Å². The van der Waals surface area contributed by atoms with Gasteiger partial charge in [0.1, 0.15) is 11.6 Å². The Kier molecular flexibility index (Phi) is 6.11. The number of ketones is 1. The van der Waals surface area contributed by atoms with E-state index in [4.69, 9.17) is 16.3 Å². The van der Waals surface area contributed by atoms with E-state index in [1.165, 1.54) is 12.1 Å². The molecule has 1 aliphatic rings. The third-order valence-corrected chi connectivity index (χ3v) is 6.53. The molecular formula is C23H20ClFO3S. The Bertz CT molecular complexity index is 1020. The molecule has 1 aromatic heterocycles. The van der Waals surface area contributed by atoms with E-state index in [-0.39, 0.29) is 30.7 Å². The molecule has 2 aromatic carbocycles. The van der Waals surface area contributed by atoms with Gasteiger partial charge in [-0.3, -0.25) is 4.79 Å². The van der Waals surface area contributed by atoms with Crippen LogP contribution < -0.4 is 0 Å². The number of hydrogen-bond donors (Lipinski definition) is 1. The molecule has 6 heteroatoms. The minimum absolute atomic E-state index is 0.0963. The van der Waals surface area contributed by atoms with Crippen molar-refractivity contribution in [2.24, 2.45) is 0 Å². The first-order valence-electron chi connectivity index (χ1n) is 9.43. The first-order valence-corrected chi connectivity index (χ1v) is 10.6. The molecule has 2 heterocycles. The zero-order valence-corrected chi connectivity index (χ0v) is 17.2. The summed E-state index contributed by atoms with van der Waals surface area (Å²) in [4.78, 5) is 14.2. The summed E-state index contributed by atoms with van der Waals surface area (Å²) in [6, 6.07) is 16.2. The number of ether oxygens (including phenoxy) is 1. The number of Topliss-reactive ketones (excluding diaryl/α,β-unsaturated/α-hetero) is 1.